The number of alkyl halides is 3. The second-order valence-corrected chi connectivity index (χ2v) is 9.13. The largest absolute Gasteiger partial charge is 0.418 e. The number of hydrogen-bond donors (Lipinski definition) is 0. The van der Waals surface area contributed by atoms with E-state index in [-0.39, 0.29) is 27.7 Å². The van der Waals surface area contributed by atoms with Crippen LogP contribution in [0, 0.1) is 11.3 Å². The normalized spacial score (nSPS) is 12.9. The molecule has 0 bridgehead atoms. The van der Waals surface area contributed by atoms with E-state index in [2.05, 4.69) is 21.1 Å². The Morgan fingerprint density at radius 3 is 2.45 bits per heavy atom. The summed E-state index contributed by atoms with van der Waals surface area (Å²) in [6, 6.07) is 4.27. The van der Waals surface area contributed by atoms with E-state index in [9.17, 15) is 26.9 Å². The molecule has 0 unspecified atom stereocenters. The summed E-state index contributed by atoms with van der Waals surface area (Å²) in [6.45, 7) is 4.71. The zero-order valence-corrected chi connectivity index (χ0v) is 16.5. The number of aromatic nitrogens is 4. The van der Waals surface area contributed by atoms with E-state index in [0.29, 0.717) is 11.8 Å². The topological polar surface area (TPSA) is 101 Å². The summed E-state index contributed by atoms with van der Waals surface area (Å²) < 4.78 is 65.1. The molecule has 3 rings (SSSR count). The molecule has 0 aliphatic heterocycles. The first-order valence-corrected chi connectivity index (χ1v) is 10.1. The minimum Gasteiger partial charge on any atom is -0.253 e. The first kappa shape index (κ1) is 20.7. The van der Waals surface area contributed by atoms with E-state index in [1.54, 1.807) is 13.8 Å². The molecule has 0 fully saturated rings. The minimum absolute atomic E-state index is 0.0107. The quantitative estimate of drug-likeness (QED) is 0.637. The van der Waals surface area contributed by atoms with Gasteiger partial charge in [-0.1, -0.05) is 6.92 Å². The Labute approximate surface area is 164 Å². The number of rotatable bonds is 4. The maximum Gasteiger partial charge on any atom is 0.418 e. The molecule has 0 aliphatic carbocycles. The van der Waals surface area contributed by atoms with Gasteiger partial charge in [-0.3, -0.25) is 4.98 Å². The average molecular weight is 423 g/mol. The summed E-state index contributed by atoms with van der Waals surface area (Å²) in [5.41, 5.74) is -1.60. The molecule has 7 nitrogen and oxygen atoms in total. The molecule has 3 aromatic heterocycles. The molecule has 0 saturated heterocycles. The SMILES string of the molecule is CCS(=O)(=O)c1cc(C(C)(C)C#N)cnc1-c1cn2ncc(C(F)(F)F)cc2n1. The molecule has 3 heterocycles. The fraction of sp³-hybridized carbons (Fsp3) is 0.333. The van der Waals surface area contributed by atoms with Crippen LogP contribution in [0.5, 0.6) is 0 Å². The van der Waals surface area contributed by atoms with Crippen molar-refractivity contribution < 1.29 is 21.6 Å². The fourth-order valence-electron chi connectivity index (χ4n) is 2.58. The number of pyridine rings is 1. The van der Waals surface area contributed by atoms with Gasteiger partial charge in [0.1, 0.15) is 11.4 Å². The van der Waals surface area contributed by atoms with Crippen LogP contribution in [0.15, 0.2) is 35.6 Å². The van der Waals surface area contributed by atoms with Gasteiger partial charge in [0.15, 0.2) is 15.5 Å². The average Bonchev–Trinajstić information content (AvgIpc) is 3.10. The van der Waals surface area contributed by atoms with Gasteiger partial charge in [-0.15, -0.1) is 0 Å². The lowest BCUT2D eigenvalue weighted by molar-refractivity contribution is -0.137. The van der Waals surface area contributed by atoms with E-state index in [1.807, 2.05) is 0 Å². The van der Waals surface area contributed by atoms with Crippen LogP contribution in [0.4, 0.5) is 13.2 Å². The van der Waals surface area contributed by atoms with E-state index in [4.69, 9.17) is 0 Å². The second-order valence-electron chi connectivity index (χ2n) is 6.88. The number of fused-ring (bicyclic) bond motifs is 1. The number of imidazole rings is 1. The zero-order chi connectivity index (χ0) is 21.6. The predicted octanol–water partition coefficient (Wildman–Crippen LogP) is 3.40. The summed E-state index contributed by atoms with van der Waals surface area (Å²) in [7, 11) is -3.76. The highest BCUT2D eigenvalue weighted by Gasteiger charge is 2.32. The third kappa shape index (κ3) is 3.80. The monoisotopic (exact) mass is 423 g/mol. The van der Waals surface area contributed by atoms with Crippen LogP contribution in [0.3, 0.4) is 0 Å². The van der Waals surface area contributed by atoms with Crippen molar-refractivity contribution in [2.75, 3.05) is 5.75 Å². The lowest BCUT2D eigenvalue weighted by atomic mass is 9.87. The molecule has 0 N–H and O–H groups in total. The standard InChI is InChI=1S/C18H16F3N5O2S/c1-4-29(27,28)14-5-11(17(2,3)10-22)7-23-16(14)13-9-26-15(25-13)6-12(8-24-26)18(19,20)21/h5-9H,4H2,1-3H3. The van der Waals surface area contributed by atoms with Crippen LogP contribution in [0.1, 0.15) is 31.9 Å². The Hall–Kier alpha value is -3.00. The van der Waals surface area contributed by atoms with Crippen LogP contribution in [0.2, 0.25) is 0 Å². The van der Waals surface area contributed by atoms with Crippen LogP contribution < -0.4 is 0 Å². The van der Waals surface area contributed by atoms with Gasteiger partial charge in [0.05, 0.1) is 40.1 Å². The van der Waals surface area contributed by atoms with Crippen molar-refractivity contribution in [3.8, 4) is 17.5 Å². The molecule has 29 heavy (non-hydrogen) atoms. The van der Waals surface area contributed by atoms with Gasteiger partial charge in [-0.2, -0.15) is 23.5 Å². The van der Waals surface area contributed by atoms with E-state index < -0.39 is 27.0 Å². The molecule has 0 aromatic carbocycles. The van der Waals surface area contributed by atoms with Crippen molar-refractivity contribution in [2.24, 2.45) is 0 Å². The highest BCUT2D eigenvalue weighted by molar-refractivity contribution is 7.91. The smallest absolute Gasteiger partial charge is 0.253 e. The zero-order valence-electron chi connectivity index (χ0n) is 15.7. The predicted molar refractivity (Wildman–Crippen MR) is 97.6 cm³/mol. The van der Waals surface area contributed by atoms with E-state index >= 15 is 0 Å². The van der Waals surface area contributed by atoms with Gasteiger partial charge in [-0.25, -0.2) is 17.9 Å². The van der Waals surface area contributed by atoms with Gasteiger partial charge in [-0.05, 0) is 31.5 Å². The lowest BCUT2D eigenvalue weighted by Crippen LogP contribution is -2.16. The van der Waals surface area contributed by atoms with Crippen LogP contribution in [-0.2, 0) is 21.4 Å². The maximum atomic E-state index is 12.9. The molecular weight excluding hydrogens is 407 g/mol. The molecule has 0 amide bonds. The Morgan fingerprint density at radius 2 is 1.86 bits per heavy atom. The lowest BCUT2D eigenvalue weighted by Gasteiger charge is -2.17. The maximum absolute atomic E-state index is 12.9. The summed E-state index contributed by atoms with van der Waals surface area (Å²) in [4.78, 5) is 8.14. The summed E-state index contributed by atoms with van der Waals surface area (Å²) >= 11 is 0. The van der Waals surface area contributed by atoms with Gasteiger partial charge in [0.2, 0.25) is 0 Å². The van der Waals surface area contributed by atoms with E-state index in [0.717, 1.165) is 10.6 Å². The van der Waals surface area contributed by atoms with Crippen molar-refractivity contribution >= 4 is 15.5 Å². The second kappa shape index (κ2) is 6.81. The summed E-state index contributed by atoms with van der Waals surface area (Å²) in [6.07, 6.45) is -1.25. The van der Waals surface area contributed by atoms with Gasteiger partial charge >= 0.3 is 6.18 Å². The molecule has 0 atom stereocenters. The summed E-state index contributed by atoms with van der Waals surface area (Å²) in [5, 5.41) is 13.0. The molecule has 152 valence electrons. The molecule has 0 saturated carbocycles. The first-order valence-electron chi connectivity index (χ1n) is 8.46. The van der Waals surface area contributed by atoms with Crippen molar-refractivity contribution in [3.63, 3.8) is 0 Å². The van der Waals surface area contributed by atoms with Gasteiger partial charge < -0.3 is 0 Å². The fourth-order valence-corrected chi connectivity index (χ4v) is 3.65. The number of sulfone groups is 1. The molecular formula is C18H16F3N5O2S. The third-order valence-corrected chi connectivity index (χ3v) is 6.20. The molecule has 0 aliphatic rings. The first-order chi connectivity index (χ1) is 13.4. The van der Waals surface area contributed by atoms with E-state index in [1.165, 1.54) is 25.4 Å². The minimum atomic E-state index is -4.58. The Balaban J connectivity index is 2.24. The number of halogens is 3. The van der Waals surface area contributed by atoms with Crippen molar-refractivity contribution in [3.05, 3.63) is 41.9 Å². The molecule has 0 spiro atoms. The van der Waals surface area contributed by atoms with Crippen LogP contribution in [-0.4, -0.2) is 33.8 Å². The third-order valence-electron chi connectivity index (χ3n) is 4.46. The van der Waals surface area contributed by atoms with Crippen molar-refractivity contribution in [1.82, 2.24) is 19.6 Å². The van der Waals surface area contributed by atoms with Crippen molar-refractivity contribution in [2.45, 2.75) is 37.3 Å². The summed E-state index contributed by atoms with van der Waals surface area (Å²) in [5.74, 6) is -0.220. The number of nitrogens with zero attached hydrogens (tertiary/aromatic N) is 5. The Morgan fingerprint density at radius 1 is 1.17 bits per heavy atom. The number of hydrogen-bond acceptors (Lipinski definition) is 6. The Kier molecular flexibility index (Phi) is 4.86. The highest BCUT2D eigenvalue weighted by atomic mass is 32.2. The van der Waals surface area contributed by atoms with Gasteiger partial charge in [0, 0.05) is 6.20 Å². The number of nitriles is 1. The van der Waals surface area contributed by atoms with Crippen LogP contribution in [0.25, 0.3) is 17.0 Å². The molecule has 3 aromatic rings. The van der Waals surface area contributed by atoms with Crippen LogP contribution >= 0.6 is 0 Å². The Bertz CT molecular complexity index is 1240. The highest BCUT2D eigenvalue weighted by Crippen LogP contribution is 2.32. The van der Waals surface area contributed by atoms with Crippen molar-refractivity contribution in [1.29, 1.82) is 5.26 Å². The molecule has 0 radical (unpaired) electrons. The van der Waals surface area contributed by atoms with Gasteiger partial charge in [0.25, 0.3) is 0 Å². The molecule has 11 heteroatoms.